The molecule has 0 spiro atoms. The Morgan fingerprint density at radius 1 is 1.04 bits per heavy atom. The molecule has 2 N–H and O–H groups in total. The number of hydrogen-bond acceptors (Lipinski definition) is 2. The van der Waals surface area contributed by atoms with Crippen molar-refractivity contribution in [2.75, 3.05) is 12.4 Å². The topological polar surface area (TPSA) is 50.4 Å². The van der Waals surface area contributed by atoms with E-state index in [0.717, 1.165) is 35.4 Å². The zero-order valence-electron chi connectivity index (χ0n) is 14.9. The SMILES string of the molecule is CCc1ccc(OCc2ccc(CC)cc2NC(=O)NC)c(C)c1. The molecule has 0 saturated carbocycles. The maximum absolute atomic E-state index is 11.7. The minimum absolute atomic E-state index is 0.229. The monoisotopic (exact) mass is 326 g/mol. The van der Waals surface area contributed by atoms with E-state index < -0.39 is 0 Å². The standard InChI is InChI=1S/C20H26N2O2/c1-5-15-8-10-19(14(3)11-15)24-13-17-9-7-16(6-2)12-18(17)22-20(23)21-4/h7-12H,5-6,13H2,1-4H3,(H2,21,22,23). The van der Waals surface area contributed by atoms with Gasteiger partial charge in [0.05, 0.1) is 0 Å². The second kappa shape index (κ2) is 8.39. The largest absolute Gasteiger partial charge is 0.489 e. The second-order valence-electron chi connectivity index (χ2n) is 5.79. The predicted molar refractivity (Wildman–Crippen MR) is 98.8 cm³/mol. The highest BCUT2D eigenvalue weighted by Gasteiger charge is 2.09. The molecule has 2 aromatic carbocycles. The number of carbonyl (C=O) groups is 1. The van der Waals surface area contributed by atoms with Crippen molar-refractivity contribution in [2.45, 2.75) is 40.2 Å². The van der Waals surface area contributed by atoms with Gasteiger partial charge in [-0.3, -0.25) is 0 Å². The summed E-state index contributed by atoms with van der Waals surface area (Å²) in [7, 11) is 1.60. The van der Waals surface area contributed by atoms with Crippen LogP contribution >= 0.6 is 0 Å². The lowest BCUT2D eigenvalue weighted by molar-refractivity contribution is 0.254. The molecule has 128 valence electrons. The van der Waals surface area contributed by atoms with Gasteiger partial charge in [-0.1, -0.05) is 38.1 Å². The smallest absolute Gasteiger partial charge is 0.318 e. The van der Waals surface area contributed by atoms with Crippen LogP contribution in [0.25, 0.3) is 0 Å². The Labute approximate surface area is 144 Å². The molecule has 0 radical (unpaired) electrons. The minimum atomic E-state index is -0.229. The molecule has 2 rings (SSSR count). The minimum Gasteiger partial charge on any atom is -0.489 e. The molecule has 0 heterocycles. The number of amides is 2. The van der Waals surface area contributed by atoms with Gasteiger partial charge in [0.2, 0.25) is 0 Å². The fourth-order valence-electron chi connectivity index (χ4n) is 2.52. The van der Waals surface area contributed by atoms with Crippen molar-refractivity contribution in [3.63, 3.8) is 0 Å². The van der Waals surface area contributed by atoms with E-state index in [0.29, 0.717) is 6.61 Å². The van der Waals surface area contributed by atoms with Crippen LogP contribution in [-0.2, 0) is 19.4 Å². The Kier molecular flexibility index (Phi) is 6.24. The summed E-state index contributed by atoms with van der Waals surface area (Å²) >= 11 is 0. The first-order valence-corrected chi connectivity index (χ1v) is 8.40. The van der Waals surface area contributed by atoms with Crippen LogP contribution in [-0.4, -0.2) is 13.1 Å². The highest BCUT2D eigenvalue weighted by molar-refractivity contribution is 5.90. The van der Waals surface area contributed by atoms with Crippen molar-refractivity contribution in [3.05, 3.63) is 58.7 Å². The van der Waals surface area contributed by atoms with Crippen molar-refractivity contribution in [1.29, 1.82) is 0 Å². The molecule has 2 aromatic rings. The van der Waals surface area contributed by atoms with Crippen LogP contribution in [0.15, 0.2) is 36.4 Å². The van der Waals surface area contributed by atoms with Gasteiger partial charge in [0.25, 0.3) is 0 Å². The zero-order valence-corrected chi connectivity index (χ0v) is 14.9. The van der Waals surface area contributed by atoms with Gasteiger partial charge in [0, 0.05) is 18.3 Å². The summed E-state index contributed by atoms with van der Waals surface area (Å²) in [6, 6.07) is 12.1. The van der Waals surface area contributed by atoms with Gasteiger partial charge in [0.1, 0.15) is 12.4 Å². The average Bonchev–Trinajstić information content (AvgIpc) is 2.61. The lowest BCUT2D eigenvalue weighted by Gasteiger charge is -2.15. The summed E-state index contributed by atoms with van der Waals surface area (Å²) in [5.41, 5.74) is 5.34. The number of carbonyl (C=O) groups excluding carboxylic acids is 1. The number of urea groups is 1. The molecule has 0 aliphatic carbocycles. The molecule has 0 aliphatic heterocycles. The normalized spacial score (nSPS) is 10.3. The average molecular weight is 326 g/mol. The Balaban J connectivity index is 2.18. The van der Waals surface area contributed by atoms with Crippen LogP contribution in [0, 0.1) is 6.92 Å². The maximum atomic E-state index is 11.7. The van der Waals surface area contributed by atoms with E-state index in [2.05, 4.69) is 49.6 Å². The van der Waals surface area contributed by atoms with Crippen LogP contribution in [0.5, 0.6) is 5.75 Å². The molecule has 4 heteroatoms. The number of benzene rings is 2. The van der Waals surface area contributed by atoms with E-state index in [1.165, 1.54) is 11.1 Å². The van der Waals surface area contributed by atoms with Crippen LogP contribution in [0.2, 0.25) is 0 Å². The first-order chi connectivity index (χ1) is 11.6. The molecule has 0 fully saturated rings. The molecule has 24 heavy (non-hydrogen) atoms. The molecule has 0 bridgehead atoms. The van der Waals surface area contributed by atoms with E-state index in [9.17, 15) is 4.79 Å². The highest BCUT2D eigenvalue weighted by Crippen LogP contribution is 2.24. The van der Waals surface area contributed by atoms with E-state index in [1.807, 2.05) is 18.2 Å². The Hall–Kier alpha value is -2.49. The first-order valence-electron chi connectivity index (χ1n) is 8.40. The number of hydrogen-bond donors (Lipinski definition) is 2. The molecule has 0 aromatic heterocycles. The number of aryl methyl sites for hydroxylation is 3. The predicted octanol–water partition coefficient (Wildman–Crippen LogP) is 4.45. The van der Waals surface area contributed by atoms with Gasteiger partial charge in [0.15, 0.2) is 0 Å². The van der Waals surface area contributed by atoms with Crippen LogP contribution in [0.4, 0.5) is 10.5 Å². The quantitative estimate of drug-likeness (QED) is 0.824. The number of rotatable bonds is 6. The summed E-state index contributed by atoms with van der Waals surface area (Å²) in [5, 5.41) is 5.46. The van der Waals surface area contributed by atoms with E-state index in [4.69, 9.17) is 4.74 Å². The summed E-state index contributed by atoms with van der Waals surface area (Å²) in [6.45, 7) is 6.70. The van der Waals surface area contributed by atoms with Crippen LogP contribution < -0.4 is 15.4 Å². The molecule has 4 nitrogen and oxygen atoms in total. The van der Waals surface area contributed by atoms with Gasteiger partial charge in [-0.05, 0) is 48.6 Å². The third-order valence-electron chi connectivity index (χ3n) is 4.09. The summed E-state index contributed by atoms with van der Waals surface area (Å²) in [6.07, 6.45) is 1.93. The summed E-state index contributed by atoms with van der Waals surface area (Å²) in [4.78, 5) is 11.7. The molecule has 0 unspecified atom stereocenters. The molecular weight excluding hydrogens is 300 g/mol. The van der Waals surface area contributed by atoms with E-state index in [1.54, 1.807) is 7.05 Å². The number of nitrogens with one attached hydrogen (secondary N) is 2. The van der Waals surface area contributed by atoms with Crippen molar-refractivity contribution in [2.24, 2.45) is 0 Å². The van der Waals surface area contributed by atoms with Gasteiger partial charge in [-0.15, -0.1) is 0 Å². The van der Waals surface area contributed by atoms with Gasteiger partial charge < -0.3 is 15.4 Å². The Bertz CT molecular complexity index is 711. The van der Waals surface area contributed by atoms with Gasteiger partial charge in [-0.2, -0.15) is 0 Å². The Morgan fingerprint density at radius 3 is 2.33 bits per heavy atom. The number of ether oxygens (including phenoxy) is 1. The molecule has 2 amide bonds. The lowest BCUT2D eigenvalue weighted by Crippen LogP contribution is -2.25. The molecule has 0 saturated heterocycles. The van der Waals surface area contributed by atoms with Crippen molar-refractivity contribution < 1.29 is 9.53 Å². The van der Waals surface area contributed by atoms with Gasteiger partial charge >= 0.3 is 6.03 Å². The van der Waals surface area contributed by atoms with Crippen LogP contribution in [0.3, 0.4) is 0 Å². The summed E-state index contributed by atoms with van der Waals surface area (Å²) in [5.74, 6) is 0.873. The zero-order chi connectivity index (χ0) is 17.5. The number of anilines is 1. The fraction of sp³-hybridized carbons (Fsp3) is 0.350. The maximum Gasteiger partial charge on any atom is 0.318 e. The third kappa shape index (κ3) is 4.51. The fourth-order valence-corrected chi connectivity index (χ4v) is 2.52. The molecule has 0 aliphatic rings. The van der Waals surface area contributed by atoms with Crippen molar-refractivity contribution in [1.82, 2.24) is 5.32 Å². The Morgan fingerprint density at radius 2 is 1.71 bits per heavy atom. The lowest BCUT2D eigenvalue weighted by atomic mass is 10.1. The van der Waals surface area contributed by atoms with Crippen LogP contribution in [0.1, 0.15) is 36.1 Å². The third-order valence-corrected chi connectivity index (χ3v) is 4.09. The first kappa shape index (κ1) is 17.9. The van der Waals surface area contributed by atoms with Crippen molar-refractivity contribution >= 4 is 11.7 Å². The summed E-state index contributed by atoms with van der Waals surface area (Å²) < 4.78 is 5.98. The van der Waals surface area contributed by atoms with Crippen molar-refractivity contribution in [3.8, 4) is 5.75 Å². The van der Waals surface area contributed by atoms with Gasteiger partial charge in [-0.25, -0.2) is 4.79 Å². The van der Waals surface area contributed by atoms with E-state index in [-0.39, 0.29) is 6.03 Å². The molecular formula is C20H26N2O2. The second-order valence-corrected chi connectivity index (χ2v) is 5.79. The van der Waals surface area contributed by atoms with E-state index >= 15 is 0 Å². The molecule has 0 atom stereocenters. The highest BCUT2D eigenvalue weighted by atomic mass is 16.5.